The monoisotopic (exact) mass is 456 g/mol. The van der Waals surface area contributed by atoms with Crippen LogP contribution in [0, 0.1) is 34.2 Å². The summed E-state index contributed by atoms with van der Waals surface area (Å²) in [7, 11) is 0. The third-order valence-corrected chi connectivity index (χ3v) is 6.77. The Hall–Kier alpha value is -3.35. The molecular formula is C23H23F3N6O. The van der Waals surface area contributed by atoms with Crippen LogP contribution in [0.5, 0.6) is 0 Å². The van der Waals surface area contributed by atoms with Crippen LogP contribution < -0.4 is 16.0 Å². The predicted octanol–water partition coefficient (Wildman–Crippen LogP) is 3.59. The van der Waals surface area contributed by atoms with Gasteiger partial charge in [-0.05, 0) is 44.6 Å². The van der Waals surface area contributed by atoms with Crippen LogP contribution in [0.2, 0.25) is 0 Å². The molecule has 10 heteroatoms. The third kappa shape index (κ3) is 4.08. The summed E-state index contributed by atoms with van der Waals surface area (Å²) < 4.78 is 43.0. The number of rotatable bonds is 5. The molecule has 2 saturated carbocycles. The molecular weight excluding hydrogens is 433 g/mol. The van der Waals surface area contributed by atoms with Gasteiger partial charge in [-0.2, -0.15) is 5.26 Å². The summed E-state index contributed by atoms with van der Waals surface area (Å²) in [5.41, 5.74) is -0.395. The van der Waals surface area contributed by atoms with Crippen LogP contribution in [-0.2, 0) is 4.79 Å². The smallest absolute Gasteiger partial charge is 0.240 e. The Bertz CT molecular complexity index is 1150. The molecule has 0 radical (unpaired) electrons. The lowest BCUT2D eigenvalue weighted by Crippen LogP contribution is -2.44. The molecule has 3 unspecified atom stereocenters. The second-order valence-electron chi connectivity index (χ2n) is 9.08. The van der Waals surface area contributed by atoms with E-state index in [0.717, 1.165) is 31.5 Å². The number of fused-ring (bicyclic) bond motifs is 1. The summed E-state index contributed by atoms with van der Waals surface area (Å²) in [5.74, 6) is -2.60. The number of aromatic nitrogens is 2. The molecule has 0 bridgehead atoms. The van der Waals surface area contributed by atoms with Crippen LogP contribution in [0.3, 0.4) is 0 Å². The first-order chi connectivity index (χ1) is 15.9. The minimum absolute atomic E-state index is 0.0166. The second-order valence-corrected chi connectivity index (χ2v) is 9.08. The zero-order chi connectivity index (χ0) is 23.2. The molecule has 2 fully saturated rings. The van der Waals surface area contributed by atoms with Gasteiger partial charge in [-0.1, -0.05) is 0 Å². The van der Waals surface area contributed by atoms with Gasteiger partial charge >= 0.3 is 0 Å². The van der Waals surface area contributed by atoms with E-state index in [1.807, 2.05) is 0 Å². The van der Waals surface area contributed by atoms with Crippen molar-refractivity contribution in [2.45, 2.75) is 56.5 Å². The second kappa shape index (κ2) is 8.21. The van der Waals surface area contributed by atoms with Gasteiger partial charge in [-0.3, -0.25) is 4.79 Å². The van der Waals surface area contributed by atoms with Gasteiger partial charge in [-0.25, -0.2) is 23.1 Å². The Kier molecular flexibility index (Phi) is 5.35. The van der Waals surface area contributed by atoms with E-state index < -0.39 is 28.8 Å². The minimum Gasteiger partial charge on any atom is -0.369 e. The van der Waals surface area contributed by atoms with Gasteiger partial charge in [0.05, 0.1) is 23.9 Å². The highest BCUT2D eigenvalue weighted by molar-refractivity contribution is 5.88. The quantitative estimate of drug-likeness (QED) is 0.636. The van der Waals surface area contributed by atoms with Gasteiger partial charge < -0.3 is 16.0 Å². The first-order valence-electron chi connectivity index (χ1n) is 11.1. The molecule has 0 aromatic carbocycles. The van der Waals surface area contributed by atoms with Crippen molar-refractivity contribution in [3.05, 3.63) is 47.0 Å². The maximum Gasteiger partial charge on any atom is 0.240 e. The highest BCUT2D eigenvalue weighted by atomic mass is 19.1. The van der Waals surface area contributed by atoms with Gasteiger partial charge in [0.1, 0.15) is 22.9 Å². The molecule has 3 atom stereocenters. The fourth-order valence-electron chi connectivity index (χ4n) is 4.73. The Balaban J connectivity index is 1.32. The molecule has 2 aromatic heterocycles. The number of hydrogen-bond donors (Lipinski definition) is 3. The largest absolute Gasteiger partial charge is 0.369 e. The number of pyridine rings is 2. The number of nitrogens with zero attached hydrogens (tertiary/aromatic N) is 3. The Morgan fingerprint density at radius 2 is 1.97 bits per heavy atom. The molecule has 0 spiro atoms. The maximum atomic E-state index is 14.7. The molecule has 7 nitrogen and oxygen atoms in total. The van der Waals surface area contributed by atoms with Crippen LogP contribution in [-0.4, -0.2) is 34.5 Å². The number of carbonyl (C=O) groups excluding carboxylic acids is 1. The topological polar surface area (TPSA) is 103 Å². The van der Waals surface area contributed by atoms with E-state index >= 15 is 0 Å². The van der Waals surface area contributed by atoms with Crippen LogP contribution in [0.1, 0.15) is 55.7 Å². The van der Waals surface area contributed by atoms with Crippen molar-refractivity contribution in [1.82, 2.24) is 15.3 Å². The molecule has 2 aromatic rings. The Labute approximate surface area is 188 Å². The molecule has 3 heterocycles. The van der Waals surface area contributed by atoms with E-state index in [1.165, 1.54) is 6.07 Å². The molecule has 5 rings (SSSR count). The van der Waals surface area contributed by atoms with Crippen molar-refractivity contribution >= 4 is 17.5 Å². The standard InChI is InChI=1S/C23H23F3N6O/c24-12-6-15-16(10-29-20(15)28-9-12)19-17(25)8-18(26)21(32-19)30-13-2-1-3-14(7-13)31-22(33)23(11-27)4-5-23/h6,8-9,13-14,16H,1-5,7,10H2,(H,28,29)(H,30,32)(H,31,33). The van der Waals surface area contributed by atoms with E-state index in [0.29, 0.717) is 30.6 Å². The average molecular weight is 456 g/mol. The number of halogens is 3. The lowest BCUT2D eigenvalue weighted by atomic mass is 9.90. The number of hydrogen-bond acceptors (Lipinski definition) is 6. The average Bonchev–Trinajstić information content (AvgIpc) is 3.50. The third-order valence-electron chi connectivity index (χ3n) is 6.77. The van der Waals surface area contributed by atoms with Crippen molar-refractivity contribution in [2.24, 2.45) is 5.41 Å². The van der Waals surface area contributed by atoms with E-state index in [1.54, 1.807) is 0 Å². The lowest BCUT2D eigenvalue weighted by Gasteiger charge is -2.31. The SMILES string of the molecule is N#CC1(C(=O)NC2CCCC(Nc3nc(C4CNc5ncc(F)cc54)c(F)cc3F)C2)CC1. The molecule has 3 N–H and O–H groups in total. The van der Waals surface area contributed by atoms with Crippen LogP contribution in [0.25, 0.3) is 0 Å². The van der Waals surface area contributed by atoms with Gasteiger partial charge in [0.2, 0.25) is 5.91 Å². The fourth-order valence-corrected chi connectivity index (χ4v) is 4.73. The number of nitriles is 1. The molecule has 172 valence electrons. The summed E-state index contributed by atoms with van der Waals surface area (Å²) >= 11 is 0. The van der Waals surface area contributed by atoms with E-state index in [2.05, 4.69) is 32.0 Å². The zero-order valence-electron chi connectivity index (χ0n) is 17.8. The first kappa shape index (κ1) is 21.5. The molecule has 3 aliphatic rings. The van der Waals surface area contributed by atoms with E-state index in [9.17, 15) is 23.2 Å². The van der Waals surface area contributed by atoms with Crippen molar-refractivity contribution < 1.29 is 18.0 Å². The predicted molar refractivity (Wildman–Crippen MR) is 114 cm³/mol. The highest BCUT2D eigenvalue weighted by Gasteiger charge is 2.51. The highest BCUT2D eigenvalue weighted by Crippen LogP contribution is 2.45. The summed E-state index contributed by atoms with van der Waals surface area (Å²) in [5, 5.41) is 18.2. The molecule has 1 amide bonds. The van der Waals surface area contributed by atoms with Crippen molar-refractivity contribution in [1.29, 1.82) is 5.26 Å². The first-order valence-corrected chi connectivity index (χ1v) is 11.1. The van der Waals surface area contributed by atoms with Crippen LogP contribution in [0.4, 0.5) is 24.8 Å². The number of carbonyl (C=O) groups is 1. The van der Waals surface area contributed by atoms with Gasteiger partial charge in [0.25, 0.3) is 0 Å². The number of anilines is 2. The maximum absolute atomic E-state index is 14.7. The van der Waals surface area contributed by atoms with E-state index in [-0.39, 0.29) is 36.0 Å². The minimum atomic E-state index is -0.889. The summed E-state index contributed by atoms with van der Waals surface area (Å²) in [6.45, 7) is 0.277. The van der Waals surface area contributed by atoms with Crippen LogP contribution >= 0.6 is 0 Å². The van der Waals surface area contributed by atoms with Crippen molar-refractivity contribution in [3.8, 4) is 6.07 Å². The number of amides is 1. The molecule has 33 heavy (non-hydrogen) atoms. The van der Waals surface area contributed by atoms with Crippen molar-refractivity contribution in [2.75, 3.05) is 17.2 Å². The van der Waals surface area contributed by atoms with Gasteiger partial charge in [0.15, 0.2) is 11.6 Å². The zero-order valence-corrected chi connectivity index (χ0v) is 17.8. The summed E-state index contributed by atoms with van der Waals surface area (Å²) in [6.07, 6.45) is 5.11. The lowest BCUT2D eigenvalue weighted by molar-refractivity contribution is -0.125. The normalized spacial score (nSPS) is 24.8. The van der Waals surface area contributed by atoms with Crippen LogP contribution in [0.15, 0.2) is 18.3 Å². The molecule has 1 aliphatic heterocycles. The Morgan fingerprint density at radius 3 is 2.73 bits per heavy atom. The Morgan fingerprint density at radius 1 is 1.18 bits per heavy atom. The van der Waals surface area contributed by atoms with E-state index in [4.69, 9.17) is 0 Å². The fraction of sp³-hybridized carbons (Fsp3) is 0.478. The number of nitrogens with one attached hydrogen (secondary N) is 3. The molecule has 0 saturated heterocycles. The summed E-state index contributed by atoms with van der Waals surface area (Å²) in [4.78, 5) is 20.6. The van der Waals surface area contributed by atoms with Crippen molar-refractivity contribution in [3.63, 3.8) is 0 Å². The van der Waals surface area contributed by atoms with Gasteiger partial charge in [-0.15, -0.1) is 0 Å². The molecule has 2 aliphatic carbocycles. The van der Waals surface area contributed by atoms with Gasteiger partial charge in [0, 0.05) is 30.3 Å². The summed E-state index contributed by atoms with van der Waals surface area (Å²) in [6, 6.07) is 3.87.